The Morgan fingerprint density at radius 2 is 1.94 bits per heavy atom. The van der Waals surface area contributed by atoms with E-state index in [-0.39, 0.29) is 11.2 Å². The monoisotopic (exact) mass is 432 g/mol. The zero-order valence-electron chi connectivity index (χ0n) is 18.5. The highest BCUT2D eigenvalue weighted by Gasteiger charge is 2.64. The Kier molecular flexibility index (Phi) is 5.17. The van der Waals surface area contributed by atoms with Crippen molar-refractivity contribution in [3.63, 3.8) is 0 Å². The molecule has 1 heterocycles. The Bertz CT molecular complexity index is 798. The van der Waals surface area contributed by atoms with E-state index in [1.165, 1.54) is 5.57 Å². The third-order valence-electron chi connectivity index (χ3n) is 9.71. The Morgan fingerprint density at radius 1 is 1.19 bits per heavy atom. The van der Waals surface area contributed by atoms with Gasteiger partial charge in [-0.2, -0.15) is 0 Å². The lowest BCUT2D eigenvalue weighted by molar-refractivity contribution is -0.177. The molecule has 0 bridgehead atoms. The molecule has 3 N–H and O–H groups in total. The molecule has 0 radical (unpaired) electrons. The van der Waals surface area contributed by atoms with Gasteiger partial charge in [0.1, 0.15) is 0 Å². The second-order valence-electron chi connectivity index (χ2n) is 10.9. The average Bonchev–Trinajstić information content (AvgIpc) is 3.29. The van der Waals surface area contributed by atoms with E-state index in [2.05, 4.69) is 19.6 Å². The van der Waals surface area contributed by atoms with Gasteiger partial charge in [-0.1, -0.05) is 25.2 Å². The number of ether oxygens (including phenoxy) is 2. The quantitative estimate of drug-likeness (QED) is 0.589. The molecular weight excluding hydrogens is 396 g/mol. The van der Waals surface area contributed by atoms with Crippen molar-refractivity contribution in [3.8, 4) is 0 Å². The van der Waals surface area contributed by atoms with Crippen molar-refractivity contribution in [2.45, 2.75) is 82.2 Å². The van der Waals surface area contributed by atoms with Crippen molar-refractivity contribution >= 4 is 5.97 Å². The van der Waals surface area contributed by atoms with E-state index in [4.69, 9.17) is 14.6 Å². The first-order valence-electron chi connectivity index (χ1n) is 12.0. The van der Waals surface area contributed by atoms with Crippen molar-refractivity contribution < 1.29 is 29.6 Å². The number of carbonyl (C=O) groups is 1. The maximum Gasteiger partial charge on any atom is 0.306 e. The number of hydrogen-bond donors (Lipinski definition) is 3. The normalized spacial score (nSPS) is 44.2. The van der Waals surface area contributed by atoms with Crippen molar-refractivity contribution in [2.24, 2.45) is 29.1 Å². The largest absolute Gasteiger partial charge is 0.481 e. The van der Waals surface area contributed by atoms with E-state index in [1.54, 1.807) is 0 Å². The molecule has 1 unspecified atom stereocenters. The van der Waals surface area contributed by atoms with Gasteiger partial charge >= 0.3 is 5.97 Å². The number of aliphatic hydroxyl groups is 2. The van der Waals surface area contributed by atoms with Crippen LogP contribution in [0.25, 0.3) is 0 Å². The summed E-state index contributed by atoms with van der Waals surface area (Å²) in [5.74, 6) is 0.621. The molecule has 0 aromatic carbocycles. The third-order valence-corrected chi connectivity index (χ3v) is 9.71. The summed E-state index contributed by atoms with van der Waals surface area (Å²) in [5.41, 5.74) is 0.223. The van der Waals surface area contributed by atoms with E-state index in [9.17, 15) is 15.0 Å². The van der Waals surface area contributed by atoms with Crippen molar-refractivity contribution in [1.29, 1.82) is 0 Å². The molecule has 7 atom stereocenters. The fraction of sp³-hybridized carbons (Fsp3) is 0.800. The van der Waals surface area contributed by atoms with Gasteiger partial charge in [0, 0.05) is 18.3 Å². The minimum atomic E-state index is -1.21. The van der Waals surface area contributed by atoms with Crippen LogP contribution < -0.4 is 0 Å². The minimum Gasteiger partial charge on any atom is -0.481 e. The molecule has 0 aromatic rings. The highest BCUT2D eigenvalue weighted by Crippen LogP contribution is 2.66. The van der Waals surface area contributed by atoms with Gasteiger partial charge in [-0.15, -0.1) is 0 Å². The zero-order valence-corrected chi connectivity index (χ0v) is 18.5. The number of rotatable bonds is 4. The SMILES string of the molecule is C=C(C(O)CC(=O)O)[C@@]1(O)CC[C@H]2[C@@H]3CC=C4CC5(CC[C@@H]4[C@H]3CC[C@@]21C)OCCO5. The summed E-state index contributed by atoms with van der Waals surface area (Å²) in [6, 6.07) is 0. The molecule has 3 saturated carbocycles. The van der Waals surface area contributed by atoms with Gasteiger partial charge in [0.15, 0.2) is 5.79 Å². The van der Waals surface area contributed by atoms with Gasteiger partial charge in [-0.3, -0.25) is 4.79 Å². The number of aliphatic hydroxyl groups excluding tert-OH is 1. The van der Waals surface area contributed by atoms with Crippen LogP contribution in [0.5, 0.6) is 0 Å². The molecule has 6 nitrogen and oxygen atoms in total. The Balaban J connectivity index is 1.37. The van der Waals surface area contributed by atoms with Gasteiger partial charge < -0.3 is 24.8 Å². The molecule has 6 heteroatoms. The smallest absolute Gasteiger partial charge is 0.306 e. The number of aliphatic carboxylic acids is 1. The Hall–Kier alpha value is -1.21. The van der Waals surface area contributed by atoms with Crippen LogP contribution in [-0.4, -0.2) is 52.0 Å². The number of hydrogen-bond acceptors (Lipinski definition) is 5. The molecular formula is C25H36O6. The maximum absolute atomic E-state index is 11.8. The molecule has 4 fully saturated rings. The summed E-state index contributed by atoms with van der Waals surface area (Å²) >= 11 is 0. The zero-order chi connectivity index (χ0) is 22.0. The summed E-state index contributed by atoms with van der Waals surface area (Å²) in [5, 5.41) is 31.3. The van der Waals surface area contributed by atoms with Crippen LogP contribution in [0, 0.1) is 29.1 Å². The second-order valence-corrected chi connectivity index (χ2v) is 10.9. The summed E-state index contributed by atoms with van der Waals surface area (Å²) in [6.45, 7) is 7.54. The highest BCUT2D eigenvalue weighted by atomic mass is 16.7. The van der Waals surface area contributed by atoms with Gasteiger partial charge in [-0.25, -0.2) is 0 Å². The molecule has 172 valence electrons. The summed E-state index contributed by atoms with van der Waals surface area (Å²) < 4.78 is 12.0. The molecule has 1 aliphatic heterocycles. The fourth-order valence-electron chi connectivity index (χ4n) is 8.10. The van der Waals surface area contributed by atoms with Crippen LogP contribution in [0.2, 0.25) is 0 Å². The molecule has 5 aliphatic rings. The molecule has 0 amide bonds. The summed E-state index contributed by atoms with van der Waals surface area (Å²) in [7, 11) is 0. The lowest BCUT2D eigenvalue weighted by Gasteiger charge is -2.56. The lowest BCUT2D eigenvalue weighted by Crippen LogP contribution is -2.55. The molecule has 31 heavy (non-hydrogen) atoms. The minimum absolute atomic E-state index is 0.292. The first kappa shape index (κ1) is 21.6. The molecule has 4 aliphatic carbocycles. The first-order chi connectivity index (χ1) is 14.7. The first-order valence-corrected chi connectivity index (χ1v) is 12.0. The van der Waals surface area contributed by atoms with Gasteiger partial charge in [0.05, 0.1) is 31.3 Å². The number of fused-ring (bicyclic) bond motifs is 5. The standard InChI is InChI=1S/C25H36O6/c1-15(21(26)13-22(27)28)25(29)10-7-20-19-4-3-16-14-24(30-11-12-31-24)9-6-17(16)18(19)5-8-23(20,25)2/h3,17-21,26,29H,1,4-14H2,2H3,(H,27,28)/t17-,18+,19+,20-,21?,23-,25-/m0/s1. The Morgan fingerprint density at radius 3 is 2.65 bits per heavy atom. The van der Waals surface area contributed by atoms with E-state index < -0.39 is 24.1 Å². The number of carboxylic acids is 1. The van der Waals surface area contributed by atoms with E-state index >= 15 is 0 Å². The fourth-order valence-corrected chi connectivity index (χ4v) is 8.10. The van der Waals surface area contributed by atoms with Gasteiger partial charge in [0.25, 0.3) is 0 Å². The molecule has 1 spiro atoms. The number of allylic oxidation sites excluding steroid dienone is 1. The predicted octanol–water partition coefficient (Wildman–Crippen LogP) is 3.43. The summed E-state index contributed by atoms with van der Waals surface area (Å²) in [4.78, 5) is 11.1. The Labute approximate surface area is 184 Å². The van der Waals surface area contributed by atoms with E-state index in [0.29, 0.717) is 48.9 Å². The maximum atomic E-state index is 11.8. The molecule has 0 aromatic heterocycles. The second kappa shape index (κ2) is 7.41. The molecule has 5 rings (SSSR count). The van der Waals surface area contributed by atoms with Crippen molar-refractivity contribution in [3.05, 3.63) is 23.8 Å². The third kappa shape index (κ3) is 3.17. The van der Waals surface area contributed by atoms with Crippen molar-refractivity contribution in [1.82, 2.24) is 0 Å². The van der Waals surface area contributed by atoms with Crippen LogP contribution in [0.15, 0.2) is 23.8 Å². The van der Waals surface area contributed by atoms with Crippen molar-refractivity contribution in [2.75, 3.05) is 13.2 Å². The summed E-state index contributed by atoms with van der Waals surface area (Å²) in [6.07, 6.45) is 8.18. The molecule has 1 saturated heterocycles. The predicted molar refractivity (Wildman–Crippen MR) is 114 cm³/mol. The van der Waals surface area contributed by atoms with E-state index in [1.807, 2.05) is 0 Å². The van der Waals surface area contributed by atoms with Gasteiger partial charge in [-0.05, 0) is 67.8 Å². The lowest BCUT2D eigenvalue weighted by atomic mass is 9.50. The van der Waals surface area contributed by atoms with Crippen LogP contribution in [0.4, 0.5) is 0 Å². The highest BCUT2D eigenvalue weighted by molar-refractivity contribution is 5.68. The van der Waals surface area contributed by atoms with Crippen LogP contribution in [0.3, 0.4) is 0 Å². The van der Waals surface area contributed by atoms with Crippen LogP contribution in [0.1, 0.15) is 64.7 Å². The van der Waals surface area contributed by atoms with Gasteiger partial charge in [0.2, 0.25) is 0 Å². The van der Waals surface area contributed by atoms with Crippen LogP contribution in [-0.2, 0) is 14.3 Å². The topological polar surface area (TPSA) is 96.2 Å². The number of carboxylic acid groups (broad SMARTS) is 1. The van der Waals surface area contributed by atoms with Crippen LogP contribution >= 0.6 is 0 Å². The average molecular weight is 433 g/mol. The van der Waals surface area contributed by atoms with E-state index in [0.717, 1.165) is 44.9 Å².